The molecule has 0 amide bonds. The van der Waals surface area contributed by atoms with Crippen molar-refractivity contribution in [2.24, 2.45) is 11.8 Å². The molecule has 1 aromatic heterocycles. The Morgan fingerprint density at radius 2 is 1.77 bits per heavy atom. The zero-order valence-electron chi connectivity index (χ0n) is 14.9. The predicted molar refractivity (Wildman–Crippen MR) is 102 cm³/mol. The molecule has 0 radical (unpaired) electrons. The summed E-state index contributed by atoms with van der Waals surface area (Å²) < 4.78 is 11.4. The highest BCUT2D eigenvalue weighted by atomic mass is 32.2. The van der Waals surface area contributed by atoms with Crippen molar-refractivity contribution in [3.63, 3.8) is 0 Å². The standard InChI is InChI=1S/C20H24N2O3S/c1-24-17-3-5-18(6-4-17)25-19-8-14-11-22(12-15(14)9-19)13-26-20-7-2-16(23)10-21-20/h2-7,10,14-15,19,23H,8-9,11-13H2,1H3/t14-,15+,19+. The van der Waals surface area contributed by atoms with Crippen LogP contribution in [0.2, 0.25) is 0 Å². The van der Waals surface area contributed by atoms with Crippen LogP contribution in [-0.4, -0.2) is 47.2 Å². The number of benzene rings is 1. The van der Waals surface area contributed by atoms with E-state index >= 15 is 0 Å². The van der Waals surface area contributed by atoms with Crippen LogP contribution in [0.3, 0.4) is 0 Å². The topological polar surface area (TPSA) is 54.8 Å². The van der Waals surface area contributed by atoms with Crippen LogP contribution in [0.25, 0.3) is 0 Å². The maximum Gasteiger partial charge on any atom is 0.133 e. The number of hydrogen-bond acceptors (Lipinski definition) is 6. The lowest BCUT2D eigenvalue weighted by Gasteiger charge is -2.19. The van der Waals surface area contributed by atoms with E-state index in [4.69, 9.17) is 9.47 Å². The van der Waals surface area contributed by atoms with Crippen LogP contribution in [0, 0.1) is 11.8 Å². The Hall–Kier alpha value is -1.92. The molecule has 26 heavy (non-hydrogen) atoms. The first-order valence-corrected chi connectivity index (χ1v) is 9.99. The van der Waals surface area contributed by atoms with Gasteiger partial charge >= 0.3 is 0 Å². The van der Waals surface area contributed by atoms with Gasteiger partial charge < -0.3 is 14.6 Å². The Kier molecular flexibility index (Phi) is 5.22. The molecule has 138 valence electrons. The molecule has 5 nitrogen and oxygen atoms in total. The number of nitrogens with zero attached hydrogens (tertiary/aromatic N) is 2. The molecular weight excluding hydrogens is 348 g/mol. The van der Waals surface area contributed by atoms with Crippen molar-refractivity contribution in [2.75, 3.05) is 26.1 Å². The third kappa shape index (κ3) is 4.07. The van der Waals surface area contributed by atoms with Crippen molar-refractivity contribution < 1.29 is 14.6 Å². The molecule has 1 aliphatic heterocycles. The maximum atomic E-state index is 9.30. The van der Waals surface area contributed by atoms with Crippen LogP contribution in [0.15, 0.2) is 47.6 Å². The molecule has 0 bridgehead atoms. The minimum atomic E-state index is 0.216. The first-order chi connectivity index (χ1) is 12.7. The van der Waals surface area contributed by atoms with Crippen molar-refractivity contribution in [2.45, 2.75) is 24.0 Å². The number of aromatic nitrogens is 1. The molecule has 6 heteroatoms. The van der Waals surface area contributed by atoms with Gasteiger partial charge in [-0.05, 0) is 61.1 Å². The Morgan fingerprint density at radius 1 is 1.08 bits per heavy atom. The van der Waals surface area contributed by atoms with Crippen molar-refractivity contribution in [1.82, 2.24) is 9.88 Å². The third-order valence-electron chi connectivity index (χ3n) is 5.26. The van der Waals surface area contributed by atoms with Crippen molar-refractivity contribution in [3.8, 4) is 17.2 Å². The number of methoxy groups -OCH3 is 1. The number of likely N-dealkylation sites (tertiary alicyclic amines) is 1. The third-order valence-corrected chi connectivity index (χ3v) is 6.29. The highest BCUT2D eigenvalue weighted by Gasteiger charge is 2.41. The number of ether oxygens (including phenoxy) is 2. The summed E-state index contributed by atoms with van der Waals surface area (Å²) in [5.41, 5.74) is 0. The average molecular weight is 372 g/mol. The van der Waals surface area contributed by atoms with E-state index in [0.29, 0.717) is 6.10 Å². The molecule has 2 heterocycles. The quantitative estimate of drug-likeness (QED) is 0.782. The first kappa shape index (κ1) is 17.5. The Bertz CT molecular complexity index is 709. The van der Waals surface area contributed by atoms with E-state index in [1.807, 2.05) is 30.3 Å². The summed E-state index contributed by atoms with van der Waals surface area (Å²) >= 11 is 1.73. The second-order valence-electron chi connectivity index (χ2n) is 7.07. The van der Waals surface area contributed by atoms with Gasteiger partial charge in [0.25, 0.3) is 0 Å². The van der Waals surface area contributed by atoms with E-state index in [1.54, 1.807) is 24.9 Å². The van der Waals surface area contributed by atoms with Gasteiger partial charge in [-0.1, -0.05) is 11.8 Å². The SMILES string of the molecule is COc1ccc(O[C@H]2C[C@@H]3CN(CSc4ccc(O)cn4)C[C@@H]3C2)cc1. The second-order valence-corrected chi connectivity index (χ2v) is 8.04. The molecule has 1 saturated carbocycles. The number of fused-ring (bicyclic) bond motifs is 1. The molecule has 3 atom stereocenters. The summed E-state index contributed by atoms with van der Waals surface area (Å²) in [6.07, 6.45) is 4.10. The van der Waals surface area contributed by atoms with Crippen LogP contribution < -0.4 is 9.47 Å². The van der Waals surface area contributed by atoms with Gasteiger partial charge in [0, 0.05) is 13.1 Å². The fraction of sp³-hybridized carbons (Fsp3) is 0.450. The fourth-order valence-electron chi connectivity index (χ4n) is 4.01. The first-order valence-electron chi connectivity index (χ1n) is 9.00. The molecule has 2 fully saturated rings. The zero-order valence-corrected chi connectivity index (χ0v) is 15.7. The predicted octanol–water partition coefficient (Wildman–Crippen LogP) is 3.63. The van der Waals surface area contributed by atoms with Crippen molar-refractivity contribution in [1.29, 1.82) is 0 Å². The fourth-order valence-corrected chi connectivity index (χ4v) is 4.82. The number of thioether (sulfide) groups is 1. The average Bonchev–Trinajstić information content (AvgIpc) is 3.20. The van der Waals surface area contributed by atoms with Crippen molar-refractivity contribution >= 4 is 11.8 Å². The van der Waals surface area contributed by atoms with Gasteiger partial charge in [-0.15, -0.1) is 0 Å². The molecule has 0 unspecified atom stereocenters. The number of hydrogen-bond donors (Lipinski definition) is 1. The van der Waals surface area contributed by atoms with Crippen LogP contribution in [0.1, 0.15) is 12.8 Å². The molecule has 2 aromatic rings. The van der Waals surface area contributed by atoms with Gasteiger partial charge in [0.1, 0.15) is 17.2 Å². The Morgan fingerprint density at radius 3 is 2.38 bits per heavy atom. The minimum absolute atomic E-state index is 0.216. The number of pyridine rings is 1. The lowest BCUT2D eigenvalue weighted by molar-refractivity contribution is 0.189. The summed E-state index contributed by atoms with van der Waals surface area (Å²) in [5, 5.41) is 10.3. The molecule has 1 N–H and O–H groups in total. The minimum Gasteiger partial charge on any atom is -0.506 e. The lowest BCUT2D eigenvalue weighted by atomic mass is 10.0. The zero-order chi connectivity index (χ0) is 17.9. The van der Waals surface area contributed by atoms with E-state index < -0.39 is 0 Å². The molecule has 0 spiro atoms. The molecule has 2 aliphatic rings. The Balaban J connectivity index is 1.24. The van der Waals surface area contributed by atoms with E-state index in [1.165, 1.54) is 6.20 Å². The van der Waals surface area contributed by atoms with Crippen LogP contribution in [0.4, 0.5) is 0 Å². The summed E-state index contributed by atoms with van der Waals surface area (Å²) in [6.45, 7) is 2.27. The van der Waals surface area contributed by atoms with Gasteiger partial charge in [0.2, 0.25) is 0 Å². The monoisotopic (exact) mass is 372 g/mol. The van der Waals surface area contributed by atoms with Crippen molar-refractivity contribution in [3.05, 3.63) is 42.6 Å². The molecule has 1 aliphatic carbocycles. The molecule has 1 aromatic carbocycles. The highest BCUT2D eigenvalue weighted by molar-refractivity contribution is 7.99. The highest BCUT2D eigenvalue weighted by Crippen LogP contribution is 2.40. The van der Waals surface area contributed by atoms with Crippen LogP contribution in [0.5, 0.6) is 17.2 Å². The number of aromatic hydroxyl groups is 1. The van der Waals surface area contributed by atoms with Crippen LogP contribution in [-0.2, 0) is 0 Å². The number of rotatable bonds is 6. The van der Waals surface area contributed by atoms with Gasteiger partial charge in [0.05, 0.1) is 30.3 Å². The second kappa shape index (κ2) is 7.76. The normalized spacial score (nSPS) is 25.2. The summed E-state index contributed by atoms with van der Waals surface area (Å²) in [5.74, 6) is 4.42. The Labute approximate surface area is 158 Å². The van der Waals surface area contributed by atoms with Gasteiger partial charge in [-0.25, -0.2) is 4.98 Å². The summed E-state index contributed by atoms with van der Waals surface area (Å²) in [4.78, 5) is 6.75. The van der Waals surface area contributed by atoms with Gasteiger partial charge in [-0.2, -0.15) is 0 Å². The van der Waals surface area contributed by atoms with E-state index in [-0.39, 0.29) is 5.75 Å². The van der Waals surface area contributed by atoms with E-state index in [0.717, 1.165) is 60.2 Å². The molecule has 1 saturated heterocycles. The van der Waals surface area contributed by atoms with Crippen LogP contribution >= 0.6 is 11.8 Å². The molecule has 4 rings (SSSR count). The lowest BCUT2D eigenvalue weighted by Crippen LogP contribution is -2.24. The molecular formula is C20H24N2O3S. The van der Waals surface area contributed by atoms with E-state index in [9.17, 15) is 5.11 Å². The van der Waals surface area contributed by atoms with Gasteiger partial charge in [-0.3, -0.25) is 4.90 Å². The summed E-state index contributed by atoms with van der Waals surface area (Å²) in [6, 6.07) is 11.4. The largest absolute Gasteiger partial charge is 0.506 e. The summed E-state index contributed by atoms with van der Waals surface area (Å²) in [7, 11) is 1.68. The maximum absolute atomic E-state index is 9.30. The van der Waals surface area contributed by atoms with Gasteiger partial charge in [0.15, 0.2) is 0 Å². The van der Waals surface area contributed by atoms with E-state index in [2.05, 4.69) is 9.88 Å². The smallest absolute Gasteiger partial charge is 0.133 e.